The second kappa shape index (κ2) is 8.89. The first-order chi connectivity index (χ1) is 12.6. The average molecular weight is 361 g/mol. The fraction of sp³-hybridized carbons (Fsp3) is 0.579. The number of hydrogen-bond donors (Lipinski definition) is 2. The Morgan fingerprint density at radius 1 is 1.19 bits per heavy atom. The largest absolute Gasteiger partial charge is 0.491 e. The molecule has 3 N–H and O–H groups in total. The van der Waals surface area contributed by atoms with Crippen molar-refractivity contribution < 1.29 is 19.1 Å². The molecule has 0 radical (unpaired) electrons. The molecule has 2 atom stereocenters. The van der Waals surface area contributed by atoms with Crippen LogP contribution in [0.2, 0.25) is 0 Å². The standard InChI is InChI=1S/C19H27N3O4/c20-19(24)21-12-15-4-1-2-10-22(15)18(23)14-6-8-16(9-7-14)26-13-17-5-3-11-25-17/h6-9,15,17H,1-5,10-13H2,(H3,20,21,24)/t15-,17+/m0/s1. The van der Waals surface area contributed by atoms with E-state index in [2.05, 4.69) is 5.32 Å². The zero-order valence-electron chi connectivity index (χ0n) is 15.0. The van der Waals surface area contributed by atoms with E-state index in [1.54, 1.807) is 12.1 Å². The number of ether oxygens (including phenoxy) is 2. The van der Waals surface area contributed by atoms with Crippen LogP contribution < -0.4 is 15.8 Å². The van der Waals surface area contributed by atoms with Crippen LogP contribution in [-0.2, 0) is 4.74 Å². The zero-order chi connectivity index (χ0) is 18.4. The van der Waals surface area contributed by atoms with Gasteiger partial charge in [-0.05, 0) is 56.4 Å². The Kier molecular flexibility index (Phi) is 6.33. The number of hydrogen-bond acceptors (Lipinski definition) is 4. The molecule has 0 bridgehead atoms. The van der Waals surface area contributed by atoms with E-state index >= 15 is 0 Å². The third-order valence-electron chi connectivity index (χ3n) is 4.96. The number of primary amides is 1. The van der Waals surface area contributed by atoms with E-state index in [-0.39, 0.29) is 18.1 Å². The molecule has 142 valence electrons. The van der Waals surface area contributed by atoms with E-state index < -0.39 is 6.03 Å². The Hall–Kier alpha value is -2.28. The minimum absolute atomic E-state index is 0.0146. The molecule has 0 aromatic heterocycles. The molecule has 2 fully saturated rings. The van der Waals surface area contributed by atoms with Crippen LogP contribution in [0.15, 0.2) is 24.3 Å². The molecule has 1 aromatic rings. The molecule has 7 nitrogen and oxygen atoms in total. The predicted molar refractivity (Wildman–Crippen MR) is 97.2 cm³/mol. The zero-order valence-corrected chi connectivity index (χ0v) is 15.0. The second-order valence-electron chi connectivity index (χ2n) is 6.86. The first-order valence-electron chi connectivity index (χ1n) is 9.32. The van der Waals surface area contributed by atoms with Crippen LogP contribution in [0.5, 0.6) is 5.75 Å². The van der Waals surface area contributed by atoms with Crippen molar-refractivity contribution in [3.63, 3.8) is 0 Å². The van der Waals surface area contributed by atoms with Crippen LogP contribution in [0.25, 0.3) is 0 Å². The van der Waals surface area contributed by atoms with Crippen molar-refractivity contribution in [3.8, 4) is 5.75 Å². The number of rotatable bonds is 6. The molecular formula is C19H27N3O4. The van der Waals surface area contributed by atoms with Gasteiger partial charge in [-0.25, -0.2) is 4.79 Å². The van der Waals surface area contributed by atoms with E-state index in [1.165, 1.54) is 0 Å². The van der Waals surface area contributed by atoms with Gasteiger partial charge in [0.2, 0.25) is 0 Å². The third kappa shape index (κ3) is 4.88. The highest BCUT2D eigenvalue weighted by atomic mass is 16.5. The van der Waals surface area contributed by atoms with Gasteiger partial charge in [0.25, 0.3) is 5.91 Å². The summed E-state index contributed by atoms with van der Waals surface area (Å²) in [5.74, 6) is 0.717. The summed E-state index contributed by atoms with van der Waals surface area (Å²) in [5.41, 5.74) is 5.78. The van der Waals surface area contributed by atoms with Crippen LogP contribution in [0, 0.1) is 0 Å². The van der Waals surface area contributed by atoms with E-state index in [0.29, 0.717) is 25.3 Å². The summed E-state index contributed by atoms with van der Waals surface area (Å²) in [7, 11) is 0. The Balaban J connectivity index is 1.57. The summed E-state index contributed by atoms with van der Waals surface area (Å²) >= 11 is 0. The number of carbonyl (C=O) groups is 2. The van der Waals surface area contributed by atoms with E-state index in [1.807, 2.05) is 17.0 Å². The van der Waals surface area contributed by atoms with Gasteiger partial charge in [0.1, 0.15) is 12.4 Å². The number of nitrogens with zero attached hydrogens (tertiary/aromatic N) is 1. The molecule has 1 aromatic carbocycles. The van der Waals surface area contributed by atoms with Crippen molar-refractivity contribution in [2.45, 2.75) is 44.2 Å². The number of piperidine rings is 1. The monoisotopic (exact) mass is 361 g/mol. The van der Waals surface area contributed by atoms with Crippen LogP contribution >= 0.6 is 0 Å². The van der Waals surface area contributed by atoms with Gasteiger partial charge in [0.05, 0.1) is 6.10 Å². The van der Waals surface area contributed by atoms with Gasteiger partial charge in [0.15, 0.2) is 0 Å². The molecule has 2 aliphatic heterocycles. The minimum atomic E-state index is -0.560. The number of amides is 3. The Morgan fingerprint density at radius 2 is 2.00 bits per heavy atom. The number of benzene rings is 1. The topological polar surface area (TPSA) is 93.9 Å². The summed E-state index contributed by atoms with van der Waals surface area (Å²) in [6.45, 7) is 2.44. The summed E-state index contributed by atoms with van der Waals surface area (Å²) in [6.07, 6.45) is 5.18. The van der Waals surface area contributed by atoms with Gasteiger partial charge in [-0.1, -0.05) is 0 Å². The maximum Gasteiger partial charge on any atom is 0.312 e. The highest BCUT2D eigenvalue weighted by Crippen LogP contribution is 2.21. The summed E-state index contributed by atoms with van der Waals surface area (Å²) < 4.78 is 11.3. The molecule has 7 heteroatoms. The number of nitrogens with one attached hydrogen (secondary N) is 1. The molecular weight excluding hydrogens is 334 g/mol. The molecule has 0 spiro atoms. The summed E-state index contributed by atoms with van der Waals surface area (Å²) in [6, 6.07) is 6.65. The van der Waals surface area contributed by atoms with Crippen LogP contribution in [0.1, 0.15) is 42.5 Å². The van der Waals surface area contributed by atoms with Crippen molar-refractivity contribution in [3.05, 3.63) is 29.8 Å². The maximum atomic E-state index is 12.9. The van der Waals surface area contributed by atoms with Gasteiger partial charge in [-0.2, -0.15) is 0 Å². The maximum absolute atomic E-state index is 12.9. The number of urea groups is 1. The lowest BCUT2D eigenvalue weighted by atomic mass is 10.0. The van der Waals surface area contributed by atoms with Gasteiger partial charge >= 0.3 is 6.03 Å². The first-order valence-corrected chi connectivity index (χ1v) is 9.32. The van der Waals surface area contributed by atoms with Crippen LogP contribution in [0.3, 0.4) is 0 Å². The van der Waals surface area contributed by atoms with Gasteiger partial charge in [-0.15, -0.1) is 0 Å². The first kappa shape index (κ1) is 18.5. The van der Waals surface area contributed by atoms with Crippen LogP contribution in [-0.4, -0.2) is 55.3 Å². The predicted octanol–water partition coefficient (Wildman–Crippen LogP) is 1.91. The normalized spacial score (nSPS) is 22.8. The van der Waals surface area contributed by atoms with E-state index in [0.717, 1.165) is 44.5 Å². The number of likely N-dealkylation sites (tertiary alicyclic amines) is 1. The Labute approximate surface area is 153 Å². The minimum Gasteiger partial charge on any atom is -0.491 e. The quantitative estimate of drug-likeness (QED) is 0.809. The second-order valence-corrected chi connectivity index (χ2v) is 6.86. The summed E-state index contributed by atoms with van der Waals surface area (Å²) in [5, 5.41) is 2.62. The third-order valence-corrected chi connectivity index (χ3v) is 4.96. The van der Waals surface area contributed by atoms with Gasteiger partial charge in [-0.3, -0.25) is 4.79 Å². The summed E-state index contributed by atoms with van der Waals surface area (Å²) in [4.78, 5) is 25.7. The lowest BCUT2D eigenvalue weighted by Gasteiger charge is -2.35. The van der Waals surface area contributed by atoms with Crippen molar-refractivity contribution in [2.24, 2.45) is 5.73 Å². The fourth-order valence-corrected chi connectivity index (χ4v) is 3.52. The highest BCUT2D eigenvalue weighted by molar-refractivity contribution is 5.94. The van der Waals surface area contributed by atoms with Crippen LogP contribution in [0.4, 0.5) is 4.79 Å². The smallest absolute Gasteiger partial charge is 0.312 e. The van der Waals surface area contributed by atoms with Crippen molar-refractivity contribution >= 4 is 11.9 Å². The lowest BCUT2D eigenvalue weighted by Crippen LogP contribution is -2.50. The molecule has 3 amide bonds. The molecule has 2 aliphatic rings. The molecule has 0 unspecified atom stereocenters. The number of carbonyl (C=O) groups excluding carboxylic acids is 2. The van der Waals surface area contributed by atoms with Gasteiger partial charge in [0, 0.05) is 31.3 Å². The Bertz CT molecular complexity index is 614. The van der Waals surface area contributed by atoms with Gasteiger partial charge < -0.3 is 25.4 Å². The lowest BCUT2D eigenvalue weighted by molar-refractivity contribution is 0.0614. The molecule has 0 aliphatic carbocycles. The SMILES string of the molecule is NC(=O)NC[C@@H]1CCCCN1C(=O)c1ccc(OC[C@H]2CCCO2)cc1. The van der Waals surface area contributed by atoms with Crippen molar-refractivity contribution in [2.75, 3.05) is 26.3 Å². The molecule has 3 rings (SSSR count). The van der Waals surface area contributed by atoms with E-state index in [4.69, 9.17) is 15.2 Å². The fourth-order valence-electron chi connectivity index (χ4n) is 3.52. The Morgan fingerprint density at radius 3 is 2.69 bits per heavy atom. The molecule has 2 heterocycles. The van der Waals surface area contributed by atoms with Crippen molar-refractivity contribution in [1.29, 1.82) is 0 Å². The average Bonchev–Trinajstić information content (AvgIpc) is 3.18. The van der Waals surface area contributed by atoms with E-state index in [9.17, 15) is 9.59 Å². The molecule has 26 heavy (non-hydrogen) atoms. The molecule has 2 saturated heterocycles. The number of nitrogens with two attached hydrogens (primary N) is 1. The molecule has 0 saturated carbocycles. The van der Waals surface area contributed by atoms with Crippen molar-refractivity contribution in [1.82, 2.24) is 10.2 Å². The highest BCUT2D eigenvalue weighted by Gasteiger charge is 2.27.